The molecule has 1 saturated heterocycles. The topological polar surface area (TPSA) is 44.8 Å². The molecule has 0 atom stereocenters. The van der Waals surface area contributed by atoms with E-state index < -0.39 is 5.82 Å². The van der Waals surface area contributed by atoms with Gasteiger partial charge >= 0.3 is 0 Å². The summed E-state index contributed by atoms with van der Waals surface area (Å²) in [4.78, 5) is 16.9. The molecule has 1 amide bonds. The quantitative estimate of drug-likeness (QED) is 0.877. The van der Waals surface area contributed by atoms with Crippen LogP contribution in [0.3, 0.4) is 0 Å². The van der Waals surface area contributed by atoms with Crippen molar-refractivity contribution in [2.24, 2.45) is 0 Å². The fourth-order valence-corrected chi connectivity index (χ4v) is 3.46. The number of fused-ring (bicyclic) bond motifs is 1. The third-order valence-electron chi connectivity index (χ3n) is 4.99. The molecule has 28 heavy (non-hydrogen) atoms. The van der Waals surface area contributed by atoms with Crippen molar-refractivity contribution in [2.75, 3.05) is 33.3 Å². The largest absolute Gasteiger partial charge is 0.494 e. The highest BCUT2D eigenvalue weighted by molar-refractivity contribution is 5.99. The van der Waals surface area contributed by atoms with Gasteiger partial charge in [-0.3, -0.25) is 9.69 Å². The number of amides is 1. The van der Waals surface area contributed by atoms with Crippen LogP contribution >= 0.6 is 0 Å². The molecule has 1 N–H and O–H groups in total. The summed E-state index contributed by atoms with van der Waals surface area (Å²) in [6.07, 6.45) is 13.0. The fraction of sp³-hybridized carbons (Fsp3) is 0.227. The summed E-state index contributed by atoms with van der Waals surface area (Å²) >= 11 is 0. The lowest BCUT2D eigenvalue weighted by molar-refractivity contribution is -0.122. The van der Waals surface area contributed by atoms with E-state index in [1.807, 2.05) is 36.6 Å². The van der Waals surface area contributed by atoms with Crippen molar-refractivity contribution < 1.29 is 13.9 Å². The molecule has 3 aliphatic rings. The Hall–Kier alpha value is -3.12. The van der Waals surface area contributed by atoms with Gasteiger partial charge in [0.05, 0.1) is 12.8 Å². The zero-order chi connectivity index (χ0) is 19.5. The van der Waals surface area contributed by atoms with E-state index in [2.05, 4.69) is 10.2 Å². The lowest BCUT2D eigenvalue weighted by Crippen LogP contribution is -2.43. The molecule has 144 valence electrons. The third kappa shape index (κ3) is 3.64. The van der Waals surface area contributed by atoms with Crippen LogP contribution in [0.25, 0.3) is 5.57 Å². The van der Waals surface area contributed by atoms with Crippen LogP contribution in [0.4, 0.5) is 4.39 Å². The highest BCUT2D eigenvalue weighted by atomic mass is 19.1. The van der Waals surface area contributed by atoms with Crippen molar-refractivity contribution in [2.45, 2.75) is 0 Å². The maximum absolute atomic E-state index is 14.1. The first-order chi connectivity index (χ1) is 13.7. The van der Waals surface area contributed by atoms with Crippen LogP contribution in [-0.2, 0) is 4.79 Å². The van der Waals surface area contributed by atoms with Gasteiger partial charge in [0.1, 0.15) is 0 Å². The monoisotopic (exact) mass is 379 g/mol. The van der Waals surface area contributed by atoms with Crippen molar-refractivity contribution in [1.29, 1.82) is 0 Å². The summed E-state index contributed by atoms with van der Waals surface area (Å²) in [5.74, 6) is -0.446. The highest BCUT2D eigenvalue weighted by Crippen LogP contribution is 2.27. The molecule has 3 aliphatic heterocycles. The Morgan fingerprint density at radius 3 is 2.64 bits per heavy atom. The molecule has 1 aromatic carbocycles. The number of hydrogen-bond donors (Lipinski definition) is 1. The summed E-state index contributed by atoms with van der Waals surface area (Å²) in [6, 6.07) is 4.69. The smallest absolute Gasteiger partial charge is 0.255 e. The van der Waals surface area contributed by atoms with Crippen LogP contribution in [0.1, 0.15) is 5.56 Å². The van der Waals surface area contributed by atoms with Gasteiger partial charge < -0.3 is 15.0 Å². The molecule has 0 radical (unpaired) electrons. The van der Waals surface area contributed by atoms with Crippen molar-refractivity contribution in [3.05, 3.63) is 83.6 Å². The molecule has 0 unspecified atom stereocenters. The van der Waals surface area contributed by atoms with Gasteiger partial charge in [-0.2, -0.15) is 0 Å². The molecule has 1 fully saturated rings. The van der Waals surface area contributed by atoms with E-state index in [0.717, 1.165) is 37.6 Å². The SMILES string of the molecule is COc1ccc(C2=C\C(=O)N3C=C(N4CCNCC4)C=C\C3=C/C=C/2)cc1F. The van der Waals surface area contributed by atoms with E-state index in [1.165, 1.54) is 19.3 Å². The number of methoxy groups -OCH3 is 1. The number of rotatable bonds is 3. The number of carbonyl (C=O) groups excluding carboxylic acids is 1. The number of piperazine rings is 1. The second kappa shape index (κ2) is 7.86. The van der Waals surface area contributed by atoms with Crippen molar-refractivity contribution in [3.63, 3.8) is 0 Å². The molecule has 0 spiro atoms. The predicted octanol–water partition coefficient (Wildman–Crippen LogP) is 2.82. The Kier molecular flexibility index (Phi) is 5.12. The molecule has 0 aliphatic carbocycles. The second-order valence-electron chi connectivity index (χ2n) is 6.73. The van der Waals surface area contributed by atoms with Crippen molar-refractivity contribution >= 4 is 11.5 Å². The summed E-state index contributed by atoms with van der Waals surface area (Å²) < 4.78 is 19.1. The molecular weight excluding hydrogens is 357 g/mol. The van der Waals surface area contributed by atoms with Gasteiger partial charge in [-0.25, -0.2) is 4.39 Å². The van der Waals surface area contributed by atoms with Crippen molar-refractivity contribution in [1.82, 2.24) is 15.1 Å². The van der Waals surface area contributed by atoms with Crippen LogP contribution in [0.2, 0.25) is 0 Å². The van der Waals surface area contributed by atoms with Crippen LogP contribution in [0.15, 0.2) is 72.2 Å². The Labute approximate surface area is 163 Å². The van der Waals surface area contributed by atoms with Crippen molar-refractivity contribution in [3.8, 4) is 5.75 Å². The van der Waals surface area contributed by atoms with E-state index >= 15 is 0 Å². The number of benzene rings is 1. The van der Waals surface area contributed by atoms with Gasteiger partial charge in [-0.1, -0.05) is 18.2 Å². The van der Waals surface area contributed by atoms with E-state index in [-0.39, 0.29) is 11.7 Å². The zero-order valence-electron chi connectivity index (χ0n) is 15.7. The minimum atomic E-state index is -0.457. The van der Waals surface area contributed by atoms with E-state index in [4.69, 9.17) is 4.74 Å². The summed E-state index contributed by atoms with van der Waals surface area (Å²) in [7, 11) is 1.43. The van der Waals surface area contributed by atoms with Crippen LogP contribution in [0, 0.1) is 5.82 Å². The molecule has 4 rings (SSSR count). The number of carbonyl (C=O) groups is 1. The molecular formula is C22H22FN3O2. The third-order valence-corrected chi connectivity index (χ3v) is 4.99. The normalized spacial score (nSPS) is 24.2. The molecule has 0 aromatic heterocycles. The van der Waals surface area contributed by atoms with Crippen LogP contribution in [0.5, 0.6) is 5.75 Å². The van der Waals surface area contributed by atoms with E-state index in [9.17, 15) is 9.18 Å². The maximum Gasteiger partial charge on any atom is 0.255 e. The molecule has 6 heteroatoms. The summed E-state index contributed by atoms with van der Waals surface area (Å²) in [6.45, 7) is 3.67. The zero-order valence-corrected chi connectivity index (χ0v) is 15.7. The Morgan fingerprint density at radius 1 is 1.11 bits per heavy atom. The lowest BCUT2D eigenvalue weighted by atomic mass is 10.0. The number of allylic oxidation sites excluding steroid dienone is 6. The second-order valence-corrected chi connectivity index (χ2v) is 6.73. The van der Waals surface area contributed by atoms with Gasteiger partial charge in [0.15, 0.2) is 11.6 Å². The predicted molar refractivity (Wildman–Crippen MR) is 107 cm³/mol. The Morgan fingerprint density at radius 2 is 1.89 bits per heavy atom. The van der Waals surface area contributed by atoms with E-state index in [1.54, 1.807) is 17.0 Å². The average Bonchev–Trinajstić information content (AvgIpc) is 2.72. The van der Waals surface area contributed by atoms with Crippen LogP contribution < -0.4 is 10.1 Å². The summed E-state index contributed by atoms with van der Waals surface area (Å²) in [5.41, 5.74) is 3.09. The Bertz CT molecular complexity index is 937. The maximum atomic E-state index is 14.1. The first-order valence-corrected chi connectivity index (χ1v) is 9.28. The summed E-state index contributed by atoms with van der Waals surface area (Å²) in [5, 5.41) is 3.33. The van der Waals surface area contributed by atoms with Gasteiger partial charge in [0.25, 0.3) is 5.91 Å². The first kappa shape index (κ1) is 18.3. The Balaban J connectivity index is 1.65. The number of halogens is 1. The van der Waals surface area contributed by atoms with Gasteiger partial charge in [0, 0.05) is 44.2 Å². The van der Waals surface area contributed by atoms with Gasteiger partial charge in [-0.05, 0) is 41.5 Å². The van der Waals surface area contributed by atoms with Gasteiger partial charge in [-0.15, -0.1) is 0 Å². The molecule has 5 nitrogen and oxygen atoms in total. The number of nitrogens with zero attached hydrogens (tertiary/aromatic N) is 2. The number of nitrogens with one attached hydrogen (secondary N) is 1. The minimum Gasteiger partial charge on any atom is -0.494 e. The standard InChI is InChI=1S/C22H22FN3O2/c1-28-21-8-5-17(13-20(21)23)16-3-2-4-18-6-7-19(15-26(18)22(27)14-16)25-11-9-24-10-12-25/h2-8,13-15,24H,9-12H2,1H3/b3-2+,16-14+,18-4+. The number of ether oxygens (including phenoxy) is 1. The fourth-order valence-electron chi connectivity index (χ4n) is 3.46. The average molecular weight is 379 g/mol. The highest BCUT2D eigenvalue weighted by Gasteiger charge is 2.21. The minimum absolute atomic E-state index is 0.168. The molecule has 0 bridgehead atoms. The molecule has 3 heterocycles. The van der Waals surface area contributed by atoms with E-state index in [0.29, 0.717) is 11.1 Å². The molecule has 1 aromatic rings. The number of hydrogen-bond acceptors (Lipinski definition) is 4. The lowest BCUT2D eigenvalue weighted by Gasteiger charge is -2.33. The van der Waals surface area contributed by atoms with Gasteiger partial charge in [0.2, 0.25) is 0 Å². The first-order valence-electron chi connectivity index (χ1n) is 9.28. The van der Waals surface area contributed by atoms with Crippen LogP contribution in [-0.4, -0.2) is 49.0 Å². The molecule has 0 saturated carbocycles.